The third-order valence-electron chi connectivity index (χ3n) is 4.22. The van der Waals surface area contributed by atoms with Crippen LogP contribution in [0, 0.1) is 0 Å². The highest BCUT2D eigenvalue weighted by Gasteiger charge is 2.24. The summed E-state index contributed by atoms with van der Waals surface area (Å²) < 4.78 is 5.20. The Morgan fingerprint density at radius 3 is 2.72 bits per heavy atom. The van der Waals surface area contributed by atoms with Gasteiger partial charge >= 0.3 is 12.0 Å². The van der Waals surface area contributed by atoms with Gasteiger partial charge in [-0.3, -0.25) is 5.32 Å². The molecule has 0 aliphatic heterocycles. The van der Waals surface area contributed by atoms with Gasteiger partial charge in [0.15, 0.2) is 0 Å². The maximum Gasteiger partial charge on any atom is 0.341 e. The van der Waals surface area contributed by atoms with Crippen LogP contribution in [0.1, 0.15) is 49.4 Å². The van der Waals surface area contributed by atoms with E-state index in [-0.39, 0.29) is 12.1 Å². The second kappa shape index (κ2) is 8.49. The number of esters is 1. The first-order chi connectivity index (χ1) is 12.2. The van der Waals surface area contributed by atoms with Crippen molar-refractivity contribution in [3.8, 4) is 10.4 Å². The first-order valence-electron chi connectivity index (χ1n) is 8.59. The second-order valence-corrected chi connectivity index (χ2v) is 7.81. The normalized spacial score (nSPS) is 14.9. The molecule has 0 bridgehead atoms. The summed E-state index contributed by atoms with van der Waals surface area (Å²) >= 11 is 2.91. The Labute approximate surface area is 155 Å². The lowest BCUT2D eigenvalue weighted by Crippen LogP contribution is -2.39. The van der Waals surface area contributed by atoms with Gasteiger partial charge in [0.2, 0.25) is 0 Å². The number of urea groups is 1. The van der Waals surface area contributed by atoms with Gasteiger partial charge in [0.25, 0.3) is 0 Å². The number of carbonyl (C=O) groups excluding carboxylic acids is 2. The number of hydrogen-bond acceptors (Lipinski definition) is 5. The minimum absolute atomic E-state index is 0.219. The van der Waals surface area contributed by atoms with Crippen molar-refractivity contribution in [3.63, 3.8) is 0 Å². The Morgan fingerprint density at radius 1 is 1.24 bits per heavy atom. The van der Waals surface area contributed by atoms with E-state index in [2.05, 4.69) is 10.6 Å². The van der Waals surface area contributed by atoms with E-state index in [9.17, 15) is 9.59 Å². The van der Waals surface area contributed by atoms with Gasteiger partial charge in [-0.1, -0.05) is 25.3 Å². The molecular formula is C18H22N2O3S2. The summed E-state index contributed by atoms with van der Waals surface area (Å²) in [7, 11) is 0. The van der Waals surface area contributed by atoms with Gasteiger partial charge in [0, 0.05) is 21.9 Å². The zero-order valence-corrected chi connectivity index (χ0v) is 15.8. The lowest BCUT2D eigenvalue weighted by Gasteiger charge is -2.22. The predicted molar refractivity (Wildman–Crippen MR) is 103 cm³/mol. The molecule has 0 spiro atoms. The summed E-state index contributed by atoms with van der Waals surface area (Å²) in [6, 6.07) is 3.87. The fourth-order valence-electron chi connectivity index (χ4n) is 3.04. The van der Waals surface area contributed by atoms with Crippen LogP contribution in [0.4, 0.5) is 9.80 Å². The maximum absolute atomic E-state index is 12.4. The highest BCUT2D eigenvalue weighted by molar-refractivity contribution is 7.17. The lowest BCUT2D eigenvalue weighted by molar-refractivity contribution is 0.0529. The van der Waals surface area contributed by atoms with Crippen LogP contribution in [-0.2, 0) is 4.74 Å². The standard InChI is InChI=1S/C18H22N2O3S2/c1-2-23-17(21)15-13(14-9-6-10-24-14)11-25-16(15)20-18(22)19-12-7-4-3-5-8-12/h6,9-12H,2-5,7-8H2,1H3,(H2,19,20,22). The average Bonchev–Trinajstić information content (AvgIpc) is 3.25. The molecule has 0 radical (unpaired) electrons. The molecule has 2 N–H and O–H groups in total. The van der Waals surface area contributed by atoms with E-state index in [0.717, 1.165) is 36.1 Å². The highest BCUT2D eigenvalue weighted by Crippen LogP contribution is 2.38. The zero-order valence-electron chi connectivity index (χ0n) is 14.2. The van der Waals surface area contributed by atoms with Gasteiger partial charge in [0.1, 0.15) is 10.6 Å². The molecule has 2 heterocycles. The van der Waals surface area contributed by atoms with Crippen molar-refractivity contribution in [2.24, 2.45) is 0 Å². The van der Waals surface area contributed by atoms with Gasteiger partial charge in [-0.25, -0.2) is 9.59 Å². The van der Waals surface area contributed by atoms with Crippen molar-refractivity contribution in [2.45, 2.75) is 45.1 Å². The van der Waals surface area contributed by atoms with E-state index in [0.29, 0.717) is 17.2 Å². The van der Waals surface area contributed by atoms with E-state index in [1.54, 1.807) is 18.3 Å². The summed E-state index contributed by atoms with van der Waals surface area (Å²) in [5, 5.41) is 10.3. The van der Waals surface area contributed by atoms with Gasteiger partial charge in [0.05, 0.1) is 6.61 Å². The third kappa shape index (κ3) is 4.41. The molecule has 1 aliphatic carbocycles. The van der Waals surface area contributed by atoms with Crippen LogP contribution in [0.2, 0.25) is 0 Å². The van der Waals surface area contributed by atoms with Crippen LogP contribution >= 0.6 is 22.7 Å². The van der Waals surface area contributed by atoms with Crippen molar-refractivity contribution in [3.05, 3.63) is 28.5 Å². The summed E-state index contributed by atoms with van der Waals surface area (Å²) in [5.41, 5.74) is 1.25. The van der Waals surface area contributed by atoms with Crippen molar-refractivity contribution in [1.29, 1.82) is 0 Å². The molecule has 0 atom stereocenters. The molecular weight excluding hydrogens is 356 g/mol. The van der Waals surface area contributed by atoms with Gasteiger partial charge < -0.3 is 10.1 Å². The van der Waals surface area contributed by atoms with E-state index < -0.39 is 5.97 Å². The minimum atomic E-state index is -0.403. The van der Waals surface area contributed by atoms with Crippen molar-refractivity contribution in [1.82, 2.24) is 5.32 Å². The third-order valence-corrected chi connectivity index (χ3v) is 6.02. The number of rotatable bonds is 5. The molecule has 2 aromatic heterocycles. The van der Waals surface area contributed by atoms with Crippen molar-refractivity contribution < 1.29 is 14.3 Å². The van der Waals surface area contributed by atoms with Crippen LogP contribution in [0.15, 0.2) is 22.9 Å². The Balaban J connectivity index is 1.78. The summed E-state index contributed by atoms with van der Waals surface area (Å²) in [6.07, 6.45) is 5.58. The Kier molecular flexibility index (Phi) is 6.09. The summed E-state index contributed by atoms with van der Waals surface area (Å²) in [4.78, 5) is 25.8. The molecule has 25 heavy (non-hydrogen) atoms. The lowest BCUT2D eigenvalue weighted by atomic mass is 9.96. The quantitative estimate of drug-likeness (QED) is 0.711. The smallest absolute Gasteiger partial charge is 0.341 e. The van der Waals surface area contributed by atoms with Crippen LogP contribution in [0.3, 0.4) is 0 Å². The molecule has 134 valence electrons. The zero-order chi connectivity index (χ0) is 17.6. The Bertz CT molecular complexity index is 719. The number of nitrogens with one attached hydrogen (secondary N) is 2. The number of carbonyl (C=O) groups is 2. The van der Waals surface area contributed by atoms with Crippen LogP contribution < -0.4 is 10.6 Å². The molecule has 0 saturated heterocycles. The van der Waals surface area contributed by atoms with Gasteiger partial charge in [-0.05, 0) is 31.2 Å². The number of ether oxygens (including phenoxy) is 1. The number of thiophene rings is 2. The molecule has 7 heteroatoms. The maximum atomic E-state index is 12.4. The number of amides is 2. The van der Waals surface area contributed by atoms with E-state index >= 15 is 0 Å². The van der Waals surface area contributed by atoms with E-state index in [1.807, 2.05) is 22.9 Å². The Hall–Kier alpha value is -1.86. The first kappa shape index (κ1) is 17.9. The van der Waals surface area contributed by atoms with E-state index in [1.165, 1.54) is 17.8 Å². The van der Waals surface area contributed by atoms with Crippen molar-refractivity contribution in [2.75, 3.05) is 11.9 Å². The number of anilines is 1. The molecule has 3 rings (SSSR count). The molecule has 2 aromatic rings. The fourth-order valence-corrected chi connectivity index (χ4v) is 4.81. The average molecular weight is 379 g/mol. The Morgan fingerprint density at radius 2 is 2.04 bits per heavy atom. The summed E-state index contributed by atoms with van der Waals surface area (Å²) in [6.45, 7) is 2.07. The molecule has 5 nitrogen and oxygen atoms in total. The van der Waals surface area contributed by atoms with Crippen LogP contribution in [0.5, 0.6) is 0 Å². The summed E-state index contributed by atoms with van der Waals surface area (Å²) in [5.74, 6) is -0.403. The van der Waals surface area contributed by atoms with Crippen LogP contribution in [-0.4, -0.2) is 24.6 Å². The van der Waals surface area contributed by atoms with Crippen LogP contribution in [0.25, 0.3) is 10.4 Å². The fraction of sp³-hybridized carbons (Fsp3) is 0.444. The van der Waals surface area contributed by atoms with Gasteiger partial charge in [-0.15, -0.1) is 22.7 Å². The number of hydrogen-bond donors (Lipinski definition) is 2. The topological polar surface area (TPSA) is 67.4 Å². The SMILES string of the molecule is CCOC(=O)c1c(-c2cccs2)csc1NC(=O)NC1CCCCC1. The highest BCUT2D eigenvalue weighted by atomic mass is 32.1. The molecule has 1 aliphatic rings. The van der Waals surface area contributed by atoms with E-state index in [4.69, 9.17) is 4.74 Å². The minimum Gasteiger partial charge on any atom is -0.462 e. The second-order valence-electron chi connectivity index (χ2n) is 5.98. The van der Waals surface area contributed by atoms with Gasteiger partial charge in [-0.2, -0.15) is 0 Å². The molecule has 2 amide bonds. The first-order valence-corrected chi connectivity index (χ1v) is 10.3. The monoisotopic (exact) mass is 378 g/mol. The molecule has 0 unspecified atom stereocenters. The predicted octanol–water partition coefficient (Wildman–Crippen LogP) is 5.11. The largest absolute Gasteiger partial charge is 0.462 e. The molecule has 1 fully saturated rings. The molecule has 1 saturated carbocycles. The van der Waals surface area contributed by atoms with Crippen molar-refractivity contribution >= 4 is 39.7 Å². The molecule has 0 aromatic carbocycles.